The summed E-state index contributed by atoms with van der Waals surface area (Å²) in [6.45, 7) is 0.410. The molecule has 7 rings (SSSR count). The van der Waals surface area contributed by atoms with Gasteiger partial charge in [-0.25, -0.2) is 9.18 Å². The number of halogens is 3. The molecule has 2 aromatic carbocycles. The van der Waals surface area contributed by atoms with Crippen LogP contribution in [0.3, 0.4) is 0 Å². The zero-order chi connectivity index (χ0) is 26.9. The monoisotopic (exact) mass is 570 g/mol. The molecule has 3 heterocycles. The van der Waals surface area contributed by atoms with Gasteiger partial charge in [0.15, 0.2) is 0 Å². The standard InChI is InChI=1S/C30H29Cl2FN2O4/c31-22-2-1-3-23(32)26(22)27-21(28(39-34-27)16-4-5-16)15-38-20-13-30(14-20)11-18-7-8-19(12-30)35(18)25-9-6-17(29(36)37)10-24(25)33/h1-3,6,9-10,16,18-20H,4-5,7-8,11-15H2,(H,36,37). The van der Waals surface area contributed by atoms with E-state index in [9.17, 15) is 14.3 Å². The van der Waals surface area contributed by atoms with Crippen LogP contribution in [0.4, 0.5) is 10.1 Å². The minimum atomic E-state index is -1.11. The molecule has 4 aliphatic rings. The maximum Gasteiger partial charge on any atom is 0.335 e. The summed E-state index contributed by atoms with van der Waals surface area (Å²) in [5.41, 5.74) is 3.03. The Morgan fingerprint density at radius 3 is 2.38 bits per heavy atom. The van der Waals surface area contributed by atoms with Gasteiger partial charge in [-0.05, 0) is 87.1 Å². The minimum absolute atomic E-state index is 0.0197. The average molecular weight is 571 g/mol. The molecule has 6 nitrogen and oxygen atoms in total. The topological polar surface area (TPSA) is 75.8 Å². The number of piperidine rings is 1. The van der Waals surface area contributed by atoms with Crippen molar-refractivity contribution in [2.24, 2.45) is 5.41 Å². The van der Waals surface area contributed by atoms with Crippen LogP contribution in [0.25, 0.3) is 11.3 Å². The van der Waals surface area contributed by atoms with Crippen molar-refractivity contribution >= 4 is 34.9 Å². The van der Waals surface area contributed by atoms with Crippen molar-refractivity contribution in [1.82, 2.24) is 5.16 Å². The van der Waals surface area contributed by atoms with Gasteiger partial charge in [-0.15, -0.1) is 0 Å². The number of hydrogen-bond acceptors (Lipinski definition) is 5. The summed E-state index contributed by atoms with van der Waals surface area (Å²) in [7, 11) is 0. The Balaban J connectivity index is 1.03. The van der Waals surface area contributed by atoms with Crippen molar-refractivity contribution in [2.75, 3.05) is 4.90 Å². The molecule has 4 fully saturated rings. The van der Waals surface area contributed by atoms with Crippen LogP contribution in [0.2, 0.25) is 10.0 Å². The van der Waals surface area contributed by atoms with E-state index in [-0.39, 0.29) is 29.2 Å². The van der Waals surface area contributed by atoms with Crippen LogP contribution in [0, 0.1) is 11.2 Å². The maximum absolute atomic E-state index is 14.9. The van der Waals surface area contributed by atoms with Gasteiger partial charge in [0, 0.05) is 29.1 Å². The Kier molecular flexibility index (Phi) is 6.18. The first-order valence-electron chi connectivity index (χ1n) is 13.7. The van der Waals surface area contributed by atoms with E-state index in [1.807, 2.05) is 18.2 Å². The Morgan fingerprint density at radius 1 is 1.08 bits per heavy atom. The summed E-state index contributed by atoms with van der Waals surface area (Å²) in [4.78, 5) is 13.4. The third-order valence-electron chi connectivity index (χ3n) is 9.18. The molecule has 2 aliphatic carbocycles. The van der Waals surface area contributed by atoms with Gasteiger partial charge in [-0.3, -0.25) is 0 Å². The summed E-state index contributed by atoms with van der Waals surface area (Å²) in [5, 5.41) is 14.6. The van der Waals surface area contributed by atoms with E-state index in [4.69, 9.17) is 32.5 Å². The molecular formula is C30H29Cl2FN2O4. The molecule has 1 spiro atoms. The summed E-state index contributed by atoms with van der Waals surface area (Å²) in [5.74, 6) is -0.299. The number of hydrogen-bond donors (Lipinski definition) is 1. The average Bonchev–Trinajstić information content (AvgIpc) is 3.59. The highest BCUT2D eigenvalue weighted by atomic mass is 35.5. The molecule has 2 unspecified atom stereocenters. The minimum Gasteiger partial charge on any atom is -0.478 e. The first-order valence-corrected chi connectivity index (χ1v) is 14.4. The predicted octanol–water partition coefficient (Wildman–Crippen LogP) is 7.86. The Morgan fingerprint density at radius 2 is 1.77 bits per heavy atom. The van der Waals surface area contributed by atoms with Gasteiger partial charge in [0.25, 0.3) is 0 Å². The zero-order valence-electron chi connectivity index (χ0n) is 21.3. The van der Waals surface area contributed by atoms with Gasteiger partial charge in [-0.2, -0.15) is 0 Å². The van der Waals surface area contributed by atoms with Crippen LogP contribution in [-0.4, -0.2) is 34.4 Å². The highest BCUT2D eigenvalue weighted by Crippen LogP contribution is 2.58. The SMILES string of the molecule is O=C(O)c1ccc(N2C3CCC2CC2(CC(OCc4c(-c5c(Cl)cccc5Cl)noc4C4CC4)C2)C3)c(F)c1. The quantitative estimate of drug-likeness (QED) is 0.311. The van der Waals surface area contributed by atoms with Crippen LogP contribution in [-0.2, 0) is 11.3 Å². The first-order chi connectivity index (χ1) is 18.8. The van der Waals surface area contributed by atoms with Gasteiger partial charge < -0.3 is 19.3 Å². The summed E-state index contributed by atoms with van der Waals surface area (Å²) < 4.78 is 27.1. The second-order valence-corrected chi connectivity index (χ2v) is 12.6. The second kappa shape index (κ2) is 9.50. The number of nitrogens with zero attached hydrogens (tertiary/aromatic N) is 2. The number of carboxylic acid groups (broad SMARTS) is 1. The lowest BCUT2D eigenvalue weighted by atomic mass is 9.59. The molecule has 1 aromatic heterocycles. The van der Waals surface area contributed by atoms with Gasteiger partial charge in [0.1, 0.15) is 17.3 Å². The fourth-order valence-electron chi connectivity index (χ4n) is 7.29. The fraction of sp³-hybridized carbons (Fsp3) is 0.467. The molecule has 2 saturated heterocycles. The lowest BCUT2D eigenvalue weighted by molar-refractivity contribution is -0.104. The number of ether oxygens (including phenoxy) is 1. The smallest absolute Gasteiger partial charge is 0.335 e. The molecule has 2 saturated carbocycles. The lowest BCUT2D eigenvalue weighted by Gasteiger charge is -2.55. The first kappa shape index (κ1) is 25.4. The number of rotatable bonds is 7. The molecular weight excluding hydrogens is 542 g/mol. The van der Waals surface area contributed by atoms with E-state index in [1.54, 1.807) is 6.07 Å². The van der Waals surface area contributed by atoms with Crippen molar-refractivity contribution in [3.8, 4) is 11.3 Å². The predicted molar refractivity (Wildman–Crippen MR) is 146 cm³/mol. The molecule has 1 N–H and O–H groups in total. The third kappa shape index (κ3) is 4.43. The molecule has 0 amide bonds. The number of aromatic nitrogens is 1. The molecule has 2 bridgehead atoms. The van der Waals surface area contributed by atoms with Crippen LogP contribution >= 0.6 is 23.2 Å². The second-order valence-electron chi connectivity index (χ2n) is 11.8. The van der Waals surface area contributed by atoms with Crippen LogP contribution in [0.5, 0.6) is 0 Å². The van der Waals surface area contributed by atoms with E-state index < -0.39 is 11.8 Å². The molecule has 0 radical (unpaired) electrons. The van der Waals surface area contributed by atoms with Crippen LogP contribution < -0.4 is 4.90 Å². The Hall–Kier alpha value is -2.61. The Labute approximate surface area is 236 Å². The van der Waals surface area contributed by atoms with Crippen molar-refractivity contribution in [3.05, 3.63) is 69.1 Å². The van der Waals surface area contributed by atoms with E-state index in [0.717, 1.165) is 68.8 Å². The molecule has 3 aromatic rings. The third-order valence-corrected chi connectivity index (χ3v) is 9.81. The van der Waals surface area contributed by atoms with Crippen LogP contribution in [0.15, 0.2) is 40.9 Å². The lowest BCUT2D eigenvalue weighted by Crippen LogP contribution is -2.54. The van der Waals surface area contributed by atoms with E-state index in [0.29, 0.717) is 39.5 Å². The van der Waals surface area contributed by atoms with Crippen molar-refractivity contribution in [3.63, 3.8) is 0 Å². The van der Waals surface area contributed by atoms with Crippen molar-refractivity contribution in [2.45, 2.75) is 82.1 Å². The number of fused-ring (bicyclic) bond motifs is 2. The van der Waals surface area contributed by atoms with Crippen molar-refractivity contribution in [1.29, 1.82) is 0 Å². The number of aromatic carboxylic acids is 1. The number of carboxylic acids is 1. The van der Waals surface area contributed by atoms with E-state index >= 15 is 0 Å². The van der Waals surface area contributed by atoms with Gasteiger partial charge in [0.2, 0.25) is 0 Å². The molecule has 9 heteroatoms. The number of carbonyl (C=O) groups is 1. The Bertz CT molecular complexity index is 1410. The fourth-order valence-corrected chi connectivity index (χ4v) is 7.87. The highest BCUT2D eigenvalue weighted by molar-refractivity contribution is 6.39. The molecule has 2 atom stereocenters. The number of benzene rings is 2. The summed E-state index contributed by atoms with van der Waals surface area (Å²) in [6.07, 6.45) is 8.37. The largest absolute Gasteiger partial charge is 0.478 e. The van der Waals surface area contributed by atoms with Gasteiger partial charge in [-0.1, -0.05) is 34.4 Å². The molecule has 204 valence electrons. The normalized spacial score (nSPS) is 27.7. The highest BCUT2D eigenvalue weighted by Gasteiger charge is 2.54. The van der Waals surface area contributed by atoms with Gasteiger partial charge >= 0.3 is 5.97 Å². The molecule has 2 aliphatic heterocycles. The zero-order valence-corrected chi connectivity index (χ0v) is 22.8. The maximum atomic E-state index is 14.9. The van der Waals surface area contributed by atoms with E-state index in [1.165, 1.54) is 6.07 Å². The molecule has 39 heavy (non-hydrogen) atoms. The summed E-state index contributed by atoms with van der Waals surface area (Å²) >= 11 is 13.0. The van der Waals surface area contributed by atoms with E-state index in [2.05, 4.69) is 10.1 Å². The van der Waals surface area contributed by atoms with Gasteiger partial charge in [0.05, 0.1) is 34.0 Å². The number of anilines is 1. The van der Waals surface area contributed by atoms with Crippen LogP contribution in [0.1, 0.15) is 79.0 Å². The van der Waals surface area contributed by atoms with Crippen molar-refractivity contribution < 1.29 is 23.6 Å². The summed E-state index contributed by atoms with van der Waals surface area (Å²) in [6, 6.07) is 10.2.